The van der Waals surface area contributed by atoms with Crippen molar-refractivity contribution in [1.29, 1.82) is 0 Å². The number of hydrogen-bond acceptors (Lipinski definition) is 6. The molecule has 2 aromatic rings. The van der Waals surface area contributed by atoms with Gasteiger partial charge in [0.25, 0.3) is 0 Å². The molecule has 10 heteroatoms. The molecule has 1 atom stereocenters. The Morgan fingerprint density at radius 2 is 1.89 bits per heavy atom. The molecule has 1 N–H and O–H groups in total. The van der Waals surface area contributed by atoms with Crippen LogP contribution in [0.4, 0.5) is 4.39 Å². The Bertz CT molecular complexity index is 1120. The first-order valence-corrected chi connectivity index (χ1v) is 13.4. The number of carbonyl (C=O) groups excluding carboxylic acids is 1. The van der Waals surface area contributed by atoms with Crippen molar-refractivity contribution in [2.24, 2.45) is 0 Å². The predicted molar refractivity (Wildman–Crippen MR) is 131 cm³/mol. The Balaban J connectivity index is 1.20. The first-order valence-electron chi connectivity index (χ1n) is 12.0. The molecule has 1 amide bonds. The minimum absolute atomic E-state index is 0.00666. The van der Waals surface area contributed by atoms with Gasteiger partial charge in [0, 0.05) is 58.3 Å². The Kier molecular flexibility index (Phi) is 8.38. The molecule has 0 aliphatic carbocycles. The highest BCUT2D eigenvalue weighted by atomic mass is 32.2. The number of rotatable bonds is 10. The van der Waals surface area contributed by atoms with Crippen molar-refractivity contribution in [1.82, 2.24) is 19.4 Å². The first kappa shape index (κ1) is 25.6. The molecule has 0 radical (unpaired) electrons. The molecule has 2 heterocycles. The minimum Gasteiger partial charge on any atom is -0.492 e. The number of benzene rings is 2. The highest BCUT2D eigenvalue weighted by molar-refractivity contribution is 7.89. The van der Waals surface area contributed by atoms with E-state index >= 15 is 0 Å². The van der Waals surface area contributed by atoms with Crippen LogP contribution in [0.3, 0.4) is 0 Å². The van der Waals surface area contributed by atoms with Gasteiger partial charge < -0.3 is 15.0 Å². The van der Waals surface area contributed by atoms with Crippen LogP contribution in [-0.4, -0.2) is 87.4 Å². The zero-order chi connectivity index (χ0) is 24.8. The minimum atomic E-state index is -3.69. The lowest BCUT2D eigenvalue weighted by molar-refractivity contribution is -0.119. The maximum Gasteiger partial charge on any atom is 0.243 e. The number of nitrogens with zero attached hydrogens (tertiary/aromatic N) is 3. The summed E-state index contributed by atoms with van der Waals surface area (Å²) in [6.45, 7) is 4.71. The third-order valence-corrected chi connectivity index (χ3v) is 8.30. The molecule has 2 fully saturated rings. The summed E-state index contributed by atoms with van der Waals surface area (Å²) >= 11 is 0. The third-order valence-electron chi connectivity index (χ3n) is 6.41. The van der Waals surface area contributed by atoms with Gasteiger partial charge in [-0.1, -0.05) is 18.2 Å². The van der Waals surface area contributed by atoms with E-state index in [2.05, 4.69) is 21.2 Å². The van der Waals surface area contributed by atoms with Crippen molar-refractivity contribution in [3.63, 3.8) is 0 Å². The van der Waals surface area contributed by atoms with Crippen LogP contribution in [-0.2, 0) is 21.4 Å². The van der Waals surface area contributed by atoms with Crippen LogP contribution in [0.1, 0.15) is 18.4 Å². The lowest BCUT2D eigenvalue weighted by Crippen LogP contribution is -2.49. The topological polar surface area (TPSA) is 82.2 Å². The van der Waals surface area contributed by atoms with Crippen molar-refractivity contribution in [2.75, 3.05) is 52.9 Å². The summed E-state index contributed by atoms with van der Waals surface area (Å²) in [5.41, 5.74) is 1.14. The Labute approximate surface area is 206 Å². The fourth-order valence-corrected chi connectivity index (χ4v) is 6.02. The van der Waals surface area contributed by atoms with E-state index in [1.54, 1.807) is 0 Å². The number of amides is 1. The molecule has 35 heavy (non-hydrogen) atoms. The second kappa shape index (κ2) is 11.5. The van der Waals surface area contributed by atoms with Gasteiger partial charge in [-0.25, -0.2) is 12.8 Å². The summed E-state index contributed by atoms with van der Waals surface area (Å²) in [7, 11) is -1.64. The maximum absolute atomic E-state index is 13.5. The molecule has 2 aliphatic rings. The smallest absolute Gasteiger partial charge is 0.243 e. The van der Waals surface area contributed by atoms with E-state index in [9.17, 15) is 17.6 Å². The molecule has 190 valence electrons. The number of hydrogen-bond donors (Lipinski definition) is 1. The van der Waals surface area contributed by atoms with Gasteiger partial charge in [0.05, 0.1) is 4.90 Å². The number of ether oxygens (including phenoxy) is 1. The molecule has 1 unspecified atom stereocenters. The van der Waals surface area contributed by atoms with Gasteiger partial charge in [-0.3, -0.25) is 9.69 Å². The summed E-state index contributed by atoms with van der Waals surface area (Å²) in [5, 5.41) is 3.00. The molecule has 0 saturated carbocycles. The van der Waals surface area contributed by atoms with Crippen molar-refractivity contribution < 1.29 is 22.3 Å². The van der Waals surface area contributed by atoms with Crippen LogP contribution in [0.15, 0.2) is 53.4 Å². The molecular formula is C25H33FN4O4S. The van der Waals surface area contributed by atoms with Crippen molar-refractivity contribution in [2.45, 2.75) is 30.3 Å². The van der Waals surface area contributed by atoms with E-state index in [1.807, 2.05) is 25.2 Å². The fraction of sp³-hybridized carbons (Fsp3) is 0.480. The quantitative estimate of drug-likeness (QED) is 0.533. The van der Waals surface area contributed by atoms with E-state index in [0.717, 1.165) is 36.9 Å². The average Bonchev–Trinajstić information content (AvgIpc) is 3.24. The van der Waals surface area contributed by atoms with Gasteiger partial charge in [-0.05, 0) is 49.4 Å². The lowest BCUT2D eigenvalue weighted by Gasteiger charge is -2.33. The van der Waals surface area contributed by atoms with Gasteiger partial charge in [0.2, 0.25) is 15.9 Å². The summed E-state index contributed by atoms with van der Waals surface area (Å²) in [6, 6.07) is 13.4. The molecule has 0 aromatic heterocycles. The van der Waals surface area contributed by atoms with Crippen LogP contribution in [0, 0.1) is 5.82 Å². The normalized spacial score (nSPS) is 19.7. The van der Waals surface area contributed by atoms with Crippen molar-refractivity contribution >= 4 is 15.9 Å². The van der Waals surface area contributed by atoms with Gasteiger partial charge in [-0.2, -0.15) is 4.31 Å². The van der Waals surface area contributed by atoms with Crippen LogP contribution in [0.5, 0.6) is 5.75 Å². The molecule has 2 aromatic carbocycles. The second-order valence-corrected chi connectivity index (χ2v) is 11.1. The average molecular weight is 505 g/mol. The van der Waals surface area contributed by atoms with Crippen LogP contribution in [0.2, 0.25) is 0 Å². The standard InChI is InChI=1S/C25H33FN4O4S/c1-28(19-22-8-9-25(31)27-22)18-20-4-2-6-23(16-20)34-15-14-29-10-12-30(13-11-29)35(32,33)24-7-3-5-21(26)17-24/h2-7,16-17,22H,8-15,18-19H2,1H3,(H,27,31). The van der Waals surface area contributed by atoms with Gasteiger partial charge in [0.1, 0.15) is 18.2 Å². The predicted octanol–water partition coefficient (Wildman–Crippen LogP) is 1.92. The van der Waals surface area contributed by atoms with Crippen LogP contribution < -0.4 is 10.1 Å². The maximum atomic E-state index is 13.5. The molecule has 0 spiro atoms. The zero-order valence-electron chi connectivity index (χ0n) is 20.0. The second-order valence-electron chi connectivity index (χ2n) is 9.20. The SMILES string of the molecule is CN(Cc1cccc(OCCN2CCN(S(=O)(=O)c3cccc(F)c3)CC2)c1)CC1CCC(=O)N1. The number of nitrogens with one attached hydrogen (secondary N) is 1. The highest BCUT2D eigenvalue weighted by Gasteiger charge is 2.28. The molecule has 2 aliphatic heterocycles. The first-order chi connectivity index (χ1) is 16.8. The number of piperazine rings is 1. The van der Waals surface area contributed by atoms with E-state index < -0.39 is 15.8 Å². The third kappa shape index (κ3) is 7.00. The van der Waals surface area contributed by atoms with Crippen LogP contribution in [0.25, 0.3) is 0 Å². The number of likely N-dealkylation sites (N-methyl/N-ethyl adjacent to an activating group) is 1. The number of carbonyl (C=O) groups is 1. The van der Waals surface area contributed by atoms with Gasteiger partial charge in [-0.15, -0.1) is 0 Å². The molecule has 0 bridgehead atoms. The van der Waals surface area contributed by atoms with E-state index in [4.69, 9.17) is 4.74 Å². The molecule has 4 rings (SSSR count). The number of halogens is 1. The van der Waals surface area contributed by atoms with E-state index in [0.29, 0.717) is 45.8 Å². The van der Waals surface area contributed by atoms with Crippen LogP contribution >= 0.6 is 0 Å². The van der Waals surface area contributed by atoms with Crippen molar-refractivity contribution in [3.8, 4) is 5.75 Å². The Morgan fingerprint density at radius 1 is 1.11 bits per heavy atom. The monoisotopic (exact) mass is 504 g/mol. The Hall–Kier alpha value is -2.53. The lowest BCUT2D eigenvalue weighted by atomic mass is 10.1. The highest BCUT2D eigenvalue weighted by Crippen LogP contribution is 2.19. The largest absolute Gasteiger partial charge is 0.492 e. The fourth-order valence-electron chi connectivity index (χ4n) is 4.56. The summed E-state index contributed by atoms with van der Waals surface area (Å²) in [5.74, 6) is 0.380. The van der Waals surface area contributed by atoms with E-state index in [1.165, 1.54) is 22.5 Å². The van der Waals surface area contributed by atoms with Crippen molar-refractivity contribution in [3.05, 3.63) is 59.9 Å². The Morgan fingerprint density at radius 3 is 2.60 bits per heavy atom. The zero-order valence-corrected chi connectivity index (χ0v) is 20.8. The molecule has 2 saturated heterocycles. The molecule has 8 nitrogen and oxygen atoms in total. The summed E-state index contributed by atoms with van der Waals surface area (Å²) in [6.07, 6.45) is 1.50. The number of sulfonamides is 1. The van der Waals surface area contributed by atoms with E-state index in [-0.39, 0.29) is 16.8 Å². The van der Waals surface area contributed by atoms with Gasteiger partial charge in [0.15, 0.2) is 0 Å². The summed E-state index contributed by atoms with van der Waals surface area (Å²) in [4.78, 5) is 15.8. The van der Waals surface area contributed by atoms with Gasteiger partial charge >= 0.3 is 0 Å². The molecular weight excluding hydrogens is 471 g/mol. The summed E-state index contributed by atoms with van der Waals surface area (Å²) < 4.78 is 46.4.